The summed E-state index contributed by atoms with van der Waals surface area (Å²) in [4.78, 5) is 4.02. The molecule has 0 unspecified atom stereocenters. The quantitative estimate of drug-likeness (QED) is 0.873. The molecule has 0 aliphatic heterocycles. The predicted octanol–water partition coefficient (Wildman–Crippen LogP) is 2.26. The van der Waals surface area contributed by atoms with Crippen LogP contribution in [-0.4, -0.2) is 18.6 Å². The third-order valence-corrected chi connectivity index (χ3v) is 2.69. The first-order chi connectivity index (χ1) is 8.35. The van der Waals surface area contributed by atoms with Gasteiger partial charge in [-0.15, -0.1) is 0 Å². The molecule has 3 nitrogen and oxygen atoms in total. The Balaban J connectivity index is 2.41. The van der Waals surface area contributed by atoms with Gasteiger partial charge in [-0.1, -0.05) is 12.1 Å². The first-order valence-electron chi connectivity index (χ1n) is 5.62. The Morgan fingerprint density at radius 2 is 1.94 bits per heavy atom. The highest BCUT2D eigenvalue weighted by atomic mass is 16.5. The first-order valence-corrected chi connectivity index (χ1v) is 5.62. The lowest BCUT2D eigenvalue weighted by atomic mass is 10.0. The second-order valence-electron chi connectivity index (χ2n) is 3.81. The van der Waals surface area contributed by atoms with E-state index in [0.29, 0.717) is 6.54 Å². The van der Waals surface area contributed by atoms with Crippen molar-refractivity contribution in [3.63, 3.8) is 0 Å². The molecule has 0 saturated carbocycles. The Kier molecular flexibility index (Phi) is 3.73. The van der Waals surface area contributed by atoms with Crippen molar-refractivity contribution in [3.05, 3.63) is 48.3 Å². The van der Waals surface area contributed by atoms with Crippen molar-refractivity contribution >= 4 is 0 Å². The van der Waals surface area contributed by atoms with Crippen molar-refractivity contribution < 1.29 is 4.74 Å². The maximum absolute atomic E-state index is 5.55. The van der Waals surface area contributed by atoms with Crippen LogP contribution in [0, 0.1) is 0 Å². The van der Waals surface area contributed by atoms with Crippen LogP contribution in [-0.2, 0) is 6.42 Å². The van der Waals surface area contributed by atoms with Crippen LogP contribution in [0.5, 0.6) is 5.75 Å². The molecule has 1 aromatic heterocycles. The highest BCUT2D eigenvalue weighted by Gasteiger charge is 2.06. The van der Waals surface area contributed by atoms with Gasteiger partial charge in [-0.25, -0.2) is 0 Å². The standard InChI is InChI=1S/C14H16N2O/c1-17-14-10-11(4-7-15)2-3-13(14)12-5-8-16-9-6-12/h2-3,5-6,8-10H,4,7,15H2,1H3. The summed E-state index contributed by atoms with van der Waals surface area (Å²) in [7, 11) is 1.69. The van der Waals surface area contributed by atoms with Crippen molar-refractivity contribution in [1.82, 2.24) is 4.98 Å². The van der Waals surface area contributed by atoms with Gasteiger partial charge in [0.05, 0.1) is 7.11 Å². The van der Waals surface area contributed by atoms with E-state index in [4.69, 9.17) is 10.5 Å². The lowest BCUT2D eigenvalue weighted by Gasteiger charge is -2.10. The minimum Gasteiger partial charge on any atom is -0.496 e. The monoisotopic (exact) mass is 228 g/mol. The van der Waals surface area contributed by atoms with Crippen LogP contribution < -0.4 is 10.5 Å². The summed E-state index contributed by atoms with van der Waals surface area (Å²) in [6.07, 6.45) is 4.43. The molecule has 0 bridgehead atoms. The third-order valence-electron chi connectivity index (χ3n) is 2.69. The van der Waals surface area contributed by atoms with Crippen LogP contribution in [0.1, 0.15) is 5.56 Å². The van der Waals surface area contributed by atoms with Gasteiger partial charge in [-0.2, -0.15) is 0 Å². The molecule has 0 amide bonds. The van der Waals surface area contributed by atoms with Crippen molar-refractivity contribution in [2.75, 3.05) is 13.7 Å². The number of hydrogen-bond acceptors (Lipinski definition) is 3. The molecular formula is C14H16N2O. The molecule has 0 saturated heterocycles. The van der Waals surface area contributed by atoms with Crippen molar-refractivity contribution in [1.29, 1.82) is 0 Å². The number of methoxy groups -OCH3 is 1. The van der Waals surface area contributed by atoms with Crippen molar-refractivity contribution in [2.45, 2.75) is 6.42 Å². The lowest BCUT2D eigenvalue weighted by Crippen LogP contribution is -2.03. The zero-order valence-corrected chi connectivity index (χ0v) is 9.89. The Labute approximate surface area is 101 Å². The highest BCUT2D eigenvalue weighted by molar-refractivity contribution is 5.70. The summed E-state index contributed by atoms with van der Waals surface area (Å²) in [5.41, 5.74) is 8.94. The third kappa shape index (κ3) is 2.63. The average Bonchev–Trinajstić information content (AvgIpc) is 2.40. The van der Waals surface area contributed by atoms with Crippen LogP contribution in [0.15, 0.2) is 42.7 Å². The van der Waals surface area contributed by atoms with E-state index < -0.39 is 0 Å². The number of rotatable bonds is 4. The Morgan fingerprint density at radius 3 is 2.59 bits per heavy atom. The molecule has 2 N–H and O–H groups in total. The molecule has 0 spiro atoms. The van der Waals surface area contributed by atoms with E-state index in [1.54, 1.807) is 19.5 Å². The molecular weight excluding hydrogens is 212 g/mol. The zero-order chi connectivity index (χ0) is 12.1. The van der Waals surface area contributed by atoms with Gasteiger partial charge in [0, 0.05) is 18.0 Å². The molecule has 88 valence electrons. The number of benzene rings is 1. The van der Waals surface area contributed by atoms with E-state index in [1.807, 2.05) is 18.2 Å². The van der Waals surface area contributed by atoms with Gasteiger partial charge < -0.3 is 10.5 Å². The minimum atomic E-state index is 0.651. The summed E-state index contributed by atoms with van der Waals surface area (Å²) in [5, 5.41) is 0. The molecule has 17 heavy (non-hydrogen) atoms. The van der Waals surface area contributed by atoms with E-state index >= 15 is 0 Å². The second kappa shape index (κ2) is 5.46. The second-order valence-corrected chi connectivity index (χ2v) is 3.81. The number of ether oxygens (including phenoxy) is 1. The molecule has 0 radical (unpaired) electrons. The molecule has 0 fully saturated rings. The molecule has 0 aliphatic carbocycles. The van der Waals surface area contributed by atoms with Gasteiger partial charge in [-0.05, 0) is 42.3 Å². The Bertz CT molecular complexity index is 483. The SMILES string of the molecule is COc1cc(CCN)ccc1-c1ccncc1. The molecule has 2 rings (SSSR count). The van der Waals surface area contributed by atoms with Crippen LogP contribution in [0.2, 0.25) is 0 Å². The zero-order valence-electron chi connectivity index (χ0n) is 9.89. The molecule has 1 aromatic carbocycles. The van der Waals surface area contributed by atoms with Gasteiger partial charge in [0.25, 0.3) is 0 Å². The van der Waals surface area contributed by atoms with Gasteiger partial charge >= 0.3 is 0 Å². The van der Waals surface area contributed by atoms with Crippen LogP contribution in [0.4, 0.5) is 0 Å². The first kappa shape index (κ1) is 11.6. The van der Waals surface area contributed by atoms with Crippen LogP contribution in [0.25, 0.3) is 11.1 Å². The largest absolute Gasteiger partial charge is 0.496 e. The predicted molar refractivity (Wildman–Crippen MR) is 69.0 cm³/mol. The molecule has 3 heteroatoms. The fraction of sp³-hybridized carbons (Fsp3) is 0.214. The summed E-state index contributed by atoms with van der Waals surface area (Å²) in [6, 6.07) is 10.1. The molecule has 0 aliphatic rings. The number of aromatic nitrogens is 1. The maximum Gasteiger partial charge on any atom is 0.126 e. The lowest BCUT2D eigenvalue weighted by molar-refractivity contribution is 0.416. The van der Waals surface area contributed by atoms with E-state index in [2.05, 4.69) is 17.1 Å². The van der Waals surface area contributed by atoms with Gasteiger partial charge in [0.15, 0.2) is 0 Å². The summed E-state index contributed by atoms with van der Waals surface area (Å²) in [6.45, 7) is 0.651. The molecule has 1 heterocycles. The summed E-state index contributed by atoms with van der Waals surface area (Å²) in [5.74, 6) is 0.877. The van der Waals surface area contributed by atoms with Gasteiger partial charge in [-0.3, -0.25) is 4.98 Å². The molecule has 0 atom stereocenters. The topological polar surface area (TPSA) is 48.1 Å². The maximum atomic E-state index is 5.55. The Hall–Kier alpha value is -1.87. The van der Waals surface area contributed by atoms with Crippen LogP contribution >= 0.6 is 0 Å². The van der Waals surface area contributed by atoms with Crippen molar-refractivity contribution in [2.24, 2.45) is 5.73 Å². The highest BCUT2D eigenvalue weighted by Crippen LogP contribution is 2.30. The number of hydrogen-bond donors (Lipinski definition) is 1. The van der Waals surface area contributed by atoms with E-state index in [1.165, 1.54) is 5.56 Å². The fourth-order valence-electron chi connectivity index (χ4n) is 1.83. The van der Waals surface area contributed by atoms with E-state index in [9.17, 15) is 0 Å². The average molecular weight is 228 g/mol. The fourth-order valence-corrected chi connectivity index (χ4v) is 1.83. The normalized spacial score (nSPS) is 10.2. The van der Waals surface area contributed by atoms with Gasteiger partial charge in [0.1, 0.15) is 5.75 Å². The number of nitrogens with zero attached hydrogens (tertiary/aromatic N) is 1. The van der Waals surface area contributed by atoms with Crippen molar-refractivity contribution in [3.8, 4) is 16.9 Å². The smallest absolute Gasteiger partial charge is 0.126 e. The Morgan fingerprint density at radius 1 is 1.18 bits per heavy atom. The molecule has 2 aromatic rings. The summed E-state index contributed by atoms with van der Waals surface area (Å²) >= 11 is 0. The summed E-state index contributed by atoms with van der Waals surface area (Å²) < 4.78 is 5.43. The number of nitrogens with two attached hydrogens (primary N) is 1. The van der Waals surface area contributed by atoms with Gasteiger partial charge in [0.2, 0.25) is 0 Å². The van der Waals surface area contributed by atoms with E-state index in [0.717, 1.165) is 23.3 Å². The van der Waals surface area contributed by atoms with E-state index in [-0.39, 0.29) is 0 Å². The van der Waals surface area contributed by atoms with Crippen LogP contribution in [0.3, 0.4) is 0 Å². The number of pyridine rings is 1. The minimum absolute atomic E-state index is 0.651.